The van der Waals surface area contributed by atoms with E-state index in [1.807, 2.05) is 12.1 Å². The molecule has 0 radical (unpaired) electrons. The van der Waals surface area contributed by atoms with Gasteiger partial charge in [0.1, 0.15) is 21.3 Å². The lowest BCUT2D eigenvalue weighted by atomic mass is 10.0. The van der Waals surface area contributed by atoms with Crippen molar-refractivity contribution in [3.63, 3.8) is 0 Å². The molecule has 0 saturated carbocycles. The molecule has 0 aliphatic heterocycles. The number of nitrogens with two attached hydrogens (primary N) is 1. The summed E-state index contributed by atoms with van der Waals surface area (Å²) in [6.45, 7) is 1.65. The van der Waals surface area contributed by atoms with Gasteiger partial charge < -0.3 is 15.2 Å². The second-order valence-corrected chi connectivity index (χ2v) is 7.10. The minimum Gasteiger partial charge on any atom is -0.497 e. The van der Waals surface area contributed by atoms with E-state index in [2.05, 4.69) is 0 Å². The van der Waals surface area contributed by atoms with Crippen LogP contribution in [0.4, 0.5) is 0 Å². The van der Waals surface area contributed by atoms with Crippen LogP contribution in [0.15, 0.2) is 18.2 Å². The number of benzene rings is 1. The molecule has 0 aromatic heterocycles. The van der Waals surface area contributed by atoms with E-state index in [0.29, 0.717) is 24.3 Å². The Balaban J connectivity index is 2.69. The molecule has 0 bridgehead atoms. The number of methoxy groups -OCH3 is 2. The van der Waals surface area contributed by atoms with Crippen molar-refractivity contribution in [2.24, 2.45) is 5.73 Å². The number of hydrogen-bond donors (Lipinski definition) is 1. The summed E-state index contributed by atoms with van der Waals surface area (Å²) in [4.78, 5) is 0. The van der Waals surface area contributed by atoms with Crippen LogP contribution in [-0.2, 0) is 9.84 Å². The van der Waals surface area contributed by atoms with Gasteiger partial charge in [0.15, 0.2) is 0 Å². The minimum absolute atomic E-state index is 0.176. The Labute approximate surface area is 121 Å². The molecule has 0 spiro atoms. The zero-order chi connectivity index (χ0) is 15.2. The summed E-state index contributed by atoms with van der Waals surface area (Å²) in [5.41, 5.74) is 6.99. The van der Waals surface area contributed by atoms with Crippen LogP contribution in [0.1, 0.15) is 31.4 Å². The number of hydrogen-bond acceptors (Lipinski definition) is 5. The van der Waals surface area contributed by atoms with E-state index in [0.717, 1.165) is 5.56 Å². The molecule has 0 aliphatic carbocycles. The van der Waals surface area contributed by atoms with Crippen LogP contribution in [0.5, 0.6) is 11.5 Å². The van der Waals surface area contributed by atoms with Gasteiger partial charge in [0.2, 0.25) is 0 Å². The van der Waals surface area contributed by atoms with Crippen molar-refractivity contribution < 1.29 is 17.9 Å². The van der Waals surface area contributed by atoms with Gasteiger partial charge >= 0.3 is 0 Å². The Morgan fingerprint density at radius 1 is 1.15 bits per heavy atom. The van der Waals surface area contributed by atoms with E-state index < -0.39 is 9.84 Å². The van der Waals surface area contributed by atoms with Crippen LogP contribution in [0.25, 0.3) is 0 Å². The van der Waals surface area contributed by atoms with Crippen molar-refractivity contribution in [1.82, 2.24) is 0 Å². The van der Waals surface area contributed by atoms with E-state index in [4.69, 9.17) is 15.2 Å². The third-order valence-electron chi connectivity index (χ3n) is 3.21. The van der Waals surface area contributed by atoms with Gasteiger partial charge in [0, 0.05) is 17.9 Å². The fraction of sp³-hybridized carbons (Fsp3) is 0.571. The first-order valence-corrected chi connectivity index (χ1v) is 8.43. The van der Waals surface area contributed by atoms with Crippen molar-refractivity contribution >= 4 is 9.84 Å². The standard InChI is InChI=1S/C14H23NO4S/c1-4-20(16,17)7-5-6-14(15)11-8-12(18-2)10-13(9-11)19-3/h8-10,14H,4-7,15H2,1-3H3. The molecule has 0 heterocycles. The van der Waals surface area contributed by atoms with Crippen molar-refractivity contribution in [3.8, 4) is 11.5 Å². The van der Waals surface area contributed by atoms with Gasteiger partial charge in [-0.2, -0.15) is 0 Å². The van der Waals surface area contributed by atoms with E-state index in [1.54, 1.807) is 27.2 Å². The number of sulfone groups is 1. The van der Waals surface area contributed by atoms with Crippen LogP contribution in [-0.4, -0.2) is 34.1 Å². The summed E-state index contributed by atoms with van der Waals surface area (Å²) in [5.74, 6) is 1.71. The molecule has 1 unspecified atom stereocenters. The summed E-state index contributed by atoms with van der Waals surface area (Å²) >= 11 is 0. The third-order valence-corrected chi connectivity index (χ3v) is 5.00. The summed E-state index contributed by atoms with van der Waals surface area (Å²) in [7, 11) is 0.235. The lowest BCUT2D eigenvalue weighted by molar-refractivity contribution is 0.392. The summed E-state index contributed by atoms with van der Waals surface area (Å²) in [6, 6.07) is 5.24. The highest BCUT2D eigenvalue weighted by atomic mass is 32.2. The molecule has 1 aromatic rings. The molecule has 1 rings (SSSR count). The third kappa shape index (κ3) is 5.02. The van der Waals surface area contributed by atoms with Gasteiger partial charge in [-0.25, -0.2) is 8.42 Å². The Hall–Kier alpha value is -1.27. The average molecular weight is 301 g/mol. The smallest absolute Gasteiger partial charge is 0.150 e. The molecule has 0 fully saturated rings. The molecule has 0 amide bonds. The zero-order valence-electron chi connectivity index (χ0n) is 12.3. The van der Waals surface area contributed by atoms with Crippen LogP contribution < -0.4 is 15.2 Å². The van der Waals surface area contributed by atoms with E-state index in [9.17, 15) is 8.42 Å². The highest BCUT2D eigenvalue weighted by molar-refractivity contribution is 7.91. The molecule has 6 heteroatoms. The number of ether oxygens (including phenoxy) is 2. The maximum absolute atomic E-state index is 11.4. The Kier molecular flexibility index (Phi) is 6.29. The Morgan fingerprint density at radius 2 is 1.70 bits per heavy atom. The molecule has 0 aliphatic rings. The second kappa shape index (κ2) is 7.50. The molecule has 114 valence electrons. The minimum atomic E-state index is -2.93. The maximum atomic E-state index is 11.4. The first kappa shape index (κ1) is 16.8. The quantitative estimate of drug-likeness (QED) is 0.793. The van der Waals surface area contributed by atoms with Crippen LogP contribution in [0.3, 0.4) is 0 Å². The summed E-state index contributed by atoms with van der Waals surface area (Å²) in [5, 5.41) is 0. The number of rotatable bonds is 8. The van der Waals surface area contributed by atoms with Crippen LogP contribution in [0.2, 0.25) is 0 Å². The monoisotopic (exact) mass is 301 g/mol. The van der Waals surface area contributed by atoms with E-state index >= 15 is 0 Å². The fourth-order valence-electron chi connectivity index (χ4n) is 1.88. The molecule has 2 N–H and O–H groups in total. The predicted octanol–water partition coefficient (Wildman–Crippen LogP) is 1.92. The fourth-order valence-corrected chi connectivity index (χ4v) is 2.77. The van der Waals surface area contributed by atoms with Gasteiger partial charge in [-0.05, 0) is 30.5 Å². The first-order valence-electron chi connectivity index (χ1n) is 6.60. The molecule has 1 aromatic carbocycles. The molecular formula is C14H23NO4S. The maximum Gasteiger partial charge on any atom is 0.150 e. The average Bonchev–Trinajstić information content (AvgIpc) is 2.46. The molecule has 1 atom stereocenters. The highest BCUT2D eigenvalue weighted by Crippen LogP contribution is 2.27. The largest absolute Gasteiger partial charge is 0.497 e. The van der Waals surface area contributed by atoms with Crippen molar-refractivity contribution in [2.75, 3.05) is 25.7 Å². The van der Waals surface area contributed by atoms with Crippen LogP contribution in [0, 0.1) is 0 Å². The summed E-state index contributed by atoms with van der Waals surface area (Å²) < 4.78 is 33.3. The SMILES string of the molecule is CCS(=O)(=O)CCCC(N)c1cc(OC)cc(OC)c1. The van der Waals surface area contributed by atoms with Gasteiger partial charge in [-0.3, -0.25) is 0 Å². The van der Waals surface area contributed by atoms with Crippen molar-refractivity contribution in [2.45, 2.75) is 25.8 Å². The van der Waals surface area contributed by atoms with Gasteiger partial charge in [0.25, 0.3) is 0 Å². The summed E-state index contributed by atoms with van der Waals surface area (Å²) in [6.07, 6.45) is 1.16. The lowest BCUT2D eigenvalue weighted by Crippen LogP contribution is -2.14. The molecule has 5 nitrogen and oxygen atoms in total. The highest BCUT2D eigenvalue weighted by Gasteiger charge is 2.12. The molecular weight excluding hydrogens is 278 g/mol. The van der Waals surface area contributed by atoms with Gasteiger partial charge in [-0.1, -0.05) is 6.92 Å². The van der Waals surface area contributed by atoms with Crippen molar-refractivity contribution in [3.05, 3.63) is 23.8 Å². The molecule has 20 heavy (non-hydrogen) atoms. The Morgan fingerprint density at radius 3 is 2.15 bits per heavy atom. The second-order valence-electron chi connectivity index (χ2n) is 4.63. The van der Waals surface area contributed by atoms with Crippen molar-refractivity contribution in [1.29, 1.82) is 0 Å². The van der Waals surface area contributed by atoms with E-state index in [1.165, 1.54) is 0 Å². The molecule has 0 saturated heterocycles. The van der Waals surface area contributed by atoms with Crippen LogP contribution >= 0.6 is 0 Å². The van der Waals surface area contributed by atoms with Gasteiger partial charge in [0.05, 0.1) is 20.0 Å². The zero-order valence-corrected chi connectivity index (χ0v) is 13.1. The normalized spacial score (nSPS) is 13.0. The van der Waals surface area contributed by atoms with Gasteiger partial charge in [-0.15, -0.1) is 0 Å². The predicted molar refractivity (Wildman–Crippen MR) is 80.0 cm³/mol. The van der Waals surface area contributed by atoms with E-state index in [-0.39, 0.29) is 17.5 Å². The lowest BCUT2D eigenvalue weighted by Gasteiger charge is -2.14. The topological polar surface area (TPSA) is 78.6 Å². The first-order chi connectivity index (χ1) is 9.41. The Bertz CT molecular complexity index is 506.